The van der Waals surface area contributed by atoms with Crippen molar-refractivity contribution in [1.29, 1.82) is 0 Å². The van der Waals surface area contributed by atoms with E-state index in [4.69, 9.17) is 0 Å². The zero-order valence-corrected chi connectivity index (χ0v) is 11.4. The monoisotopic (exact) mass is 287 g/mol. The van der Waals surface area contributed by atoms with E-state index in [1.165, 1.54) is 30.5 Å². The Labute approximate surface area is 121 Å². The SMILES string of the molecule is Cc1ccc(C(=O)NNC(=O)Cc2ccc(F)cc2)cn1. The van der Waals surface area contributed by atoms with Gasteiger partial charge in [0.05, 0.1) is 12.0 Å². The molecule has 1 aromatic carbocycles. The van der Waals surface area contributed by atoms with E-state index in [1.807, 2.05) is 6.92 Å². The van der Waals surface area contributed by atoms with Gasteiger partial charge in [0.15, 0.2) is 0 Å². The maximum absolute atomic E-state index is 12.7. The van der Waals surface area contributed by atoms with E-state index in [0.29, 0.717) is 11.1 Å². The summed E-state index contributed by atoms with van der Waals surface area (Å²) in [5.41, 5.74) is 6.40. The lowest BCUT2D eigenvalue weighted by molar-refractivity contribution is -0.121. The van der Waals surface area contributed by atoms with Crippen molar-refractivity contribution in [1.82, 2.24) is 15.8 Å². The predicted octanol–water partition coefficient (Wildman–Crippen LogP) is 1.53. The number of nitrogens with one attached hydrogen (secondary N) is 2. The number of carbonyl (C=O) groups excluding carboxylic acids is 2. The van der Waals surface area contributed by atoms with Crippen LogP contribution in [0.3, 0.4) is 0 Å². The number of carbonyl (C=O) groups is 2. The summed E-state index contributed by atoms with van der Waals surface area (Å²) in [5.74, 6) is -1.20. The lowest BCUT2D eigenvalue weighted by Crippen LogP contribution is -2.42. The molecule has 0 aliphatic carbocycles. The molecular weight excluding hydrogens is 273 g/mol. The summed E-state index contributed by atoms with van der Waals surface area (Å²) in [5, 5.41) is 0. The highest BCUT2D eigenvalue weighted by molar-refractivity contribution is 5.95. The summed E-state index contributed by atoms with van der Waals surface area (Å²) in [6, 6.07) is 8.90. The van der Waals surface area contributed by atoms with Crippen LogP contribution < -0.4 is 10.9 Å². The van der Waals surface area contributed by atoms with Crippen LogP contribution in [0.1, 0.15) is 21.6 Å². The van der Waals surface area contributed by atoms with Crippen molar-refractivity contribution in [3.63, 3.8) is 0 Å². The average molecular weight is 287 g/mol. The Morgan fingerprint density at radius 1 is 1.10 bits per heavy atom. The van der Waals surface area contributed by atoms with Crippen molar-refractivity contribution in [3.05, 3.63) is 65.2 Å². The highest BCUT2D eigenvalue weighted by Gasteiger charge is 2.08. The molecule has 0 atom stereocenters. The second-order valence-electron chi connectivity index (χ2n) is 4.49. The molecule has 0 aliphatic rings. The lowest BCUT2D eigenvalue weighted by atomic mass is 10.1. The molecule has 0 fully saturated rings. The molecule has 2 aromatic rings. The van der Waals surface area contributed by atoms with Crippen LogP contribution in [-0.2, 0) is 11.2 Å². The first-order valence-corrected chi connectivity index (χ1v) is 6.31. The van der Waals surface area contributed by atoms with Crippen molar-refractivity contribution >= 4 is 11.8 Å². The predicted molar refractivity (Wildman–Crippen MR) is 74.7 cm³/mol. The van der Waals surface area contributed by atoms with Crippen LogP contribution in [0.2, 0.25) is 0 Å². The number of nitrogens with zero attached hydrogens (tertiary/aromatic N) is 1. The number of hydrogen-bond acceptors (Lipinski definition) is 3. The maximum Gasteiger partial charge on any atom is 0.271 e. The largest absolute Gasteiger partial charge is 0.273 e. The third-order valence-corrected chi connectivity index (χ3v) is 2.77. The van der Waals surface area contributed by atoms with Gasteiger partial charge in [-0.3, -0.25) is 25.4 Å². The fourth-order valence-electron chi connectivity index (χ4n) is 1.63. The third kappa shape index (κ3) is 4.38. The number of rotatable bonds is 3. The Bertz CT molecular complexity index is 639. The minimum atomic E-state index is -0.449. The molecule has 108 valence electrons. The molecule has 2 rings (SSSR count). The number of benzene rings is 1. The Hall–Kier alpha value is -2.76. The zero-order valence-electron chi connectivity index (χ0n) is 11.4. The topological polar surface area (TPSA) is 71.1 Å². The lowest BCUT2D eigenvalue weighted by Gasteiger charge is -2.07. The Balaban J connectivity index is 1.84. The van der Waals surface area contributed by atoms with E-state index in [2.05, 4.69) is 15.8 Å². The Kier molecular flexibility index (Phi) is 4.61. The molecular formula is C15H14FN3O2. The summed E-state index contributed by atoms with van der Waals surface area (Å²) < 4.78 is 12.7. The Morgan fingerprint density at radius 2 is 1.81 bits per heavy atom. The van der Waals surface area contributed by atoms with E-state index in [0.717, 1.165) is 5.69 Å². The van der Waals surface area contributed by atoms with E-state index in [9.17, 15) is 14.0 Å². The quantitative estimate of drug-likeness (QED) is 0.841. The van der Waals surface area contributed by atoms with Gasteiger partial charge in [-0.1, -0.05) is 12.1 Å². The molecule has 0 aliphatic heterocycles. The van der Waals surface area contributed by atoms with Gasteiger partial charge in [-0.2, -0.15) is 0 Å². The molecule has 6 heteroatoms. The van der Waals surface area contributed by atoms with E-state index in [1.54, 1.807) is 12.1 Å². The molecule has 0 spiro atoms. The second kappa shape index (κ2) is 6.60. The van der Waals surface area contributed by atoms with E-state index < -0.39 is 11.8 Å². The minimum absolute atomic E-state index is 0.0483. The van der Waals surface area contributed by atoms with Crippen molar-refractivity contribution in [2.24, 2.45) is 0 Å². The van der Waals surface area contributed by atoms with Crippen LogP contribution in [0, 0.1) is 12.7 Å². The molecule has 1 heterocycles. The molecule has 0 saturated carbocycles. The number of pyridine rings is 1. The molecule has 0 saturated heterocycles. The van der Waals surface area contributed by atoms with Crippen LogP contribution in [0.5, 0.6) is 0 Å². The van der Waals surface area contributed by atoms with Crippen LogP contribution in [0.15, 0.2) is 42.6 Å². The van der Waals surface area contributed by atoms with Gasteiger partial charge < -0.3 is 0 Å². The molecule has 2 N–H and O–H groups in total. The number of hydrazine groups is 1. The summed E-state index contributed by atoms with van der Waals surface area (Å²) in [7, 11) is 0. The van der Waals surface area contributed by atoms with Crippen molar-refractivity contribution < 1.29 is 14.0 Å². The van der Waals surface area contributed by atoms with Crippen molar-refractivity contribution in [2.45, 2.75) is 13.3 Å². The average Bonchev–Trinajstić information content (AvgIpc) is 2.48. The van der Waals surface area contributed by atoms with Crippen LogP contribution in [0.4, 0.5) is 4.39 Å². The van der Waals surface area contributed by atoms with Gasteiger partial charge in [-0.25, -0.2) is 4.39 Å². The highest BCUT2D eigenvalue weighted by atomic mass is 19.1. The molecule has 5 nitrogen and oxygen atoms in total. The van der Waals surface area contributed by atoms with Gasteiger partial charge in [0.1, 0.15) is 5.82 Å². The third-order valence-electron chi connectivity index (χ3n) is 2.77. The molecule has 0 unspecified atom stereocenters. The molecule has 21 heavy (non-hydrogen) atoms. The van der Waals surface area contributed by atoms with Crippen molar-refractivity contribution in [2.75, 3.05) is 0 Å². The number of aryl methyl sites for hydroxylation is 1. The van der Waals surface area contributed by atoms with Crippen LogP contribution in [-0.4, -0.2) is 16.8 Å². The standard InChI is InChI=1S/C15H14FN3O2/c1-10-2-5-12(9-17-10)15(21)19-18-14(20)8-11-3-6-13(16)7-4-11/h2-7,9H,8H2,1H3,(H,18,20)(H,19,21). The second-order valence-corrected chi connectivity index (χ2v) is 4.49. The maximum atomic E-state index is 12.7. The van der Waals surface area contributed by atoms with Crippen LogP contribution in [0.25, 0.3) is 0 Å². The van der Waals surface area contributed by atoms with E-state index in [-0.39, 0.29) is 12.2 Å². The number of aromatic nitrogens is 1. The fraction of sp³-hybridized carbons (Fsp3) is 0.133. The van der Waals surface area contributed by atoms with Gasteiger partial charge in [0.2, 0.25) is 5.91 Å². The number of halogens is 1. The van der Waals surface area contributed by atoms with Gasteiger partial charge in [-0.15, -0.1) is 0 Å². The highest BCUT2D eigenvalue weighted by Crippen LogP contribution is 2.03. The van der Waals surface area contributed by atoms with Crippen LogP contribution >= 0.6 is 0 Å². The van der Waals surface area contributed by atoms with Gasteiger partial charge in [-0.05, 0) is 36.8 Å². The minimum Gasteiger partial charge on any atom is -0.273 e. The molecule has 0 bridgehead atoms. The number of amides is 2. The smallest absolute Gasteiger partial charge is 0.271 e. The van der Waals surface area contributed by atoms with Gasteiger partial charge in [0.25, 0.3) is 5.91 Å². The first kappa shape index (κ1) is 14.6. The number of hydrogen-bond donors (Lipinski definition) is 2. The summed E-state index contributed by atoms with van der Waals surface area (Å²) >= 11 is 0. The van der Waals surface area contributed by atoms with E-state index >= 15 is 0 Å². The summed E-state index contributed by atoms with van der Waals surface area (Å²) in [6.07, 6.45) is 1.48. The Morgan fingerprint density at radius 3 is 2.43 bits per heavy atom. The summed E-state index contributed by atoms with van der Waals surface area (Å²) in [6.45, 7) is 1.81. The first-order valence-electron chi connectivity index (χ1n) is 6.31. The zero-order chi connectivity index (χ0) is 15.2. The van der Waals surface area contributed by atoms with Gasteiger partial charge >= 0.3 is 0 Å². The molecule has 2 amide bonds. The molecule has 0 radical (unpaired) electrons. The first-order chi connectivity index (χ1) is 10.0. The normalized spacial score (nSPS) is 10.0. The fourth-order valence-corrected chi connectivity index (χ4v) is 1.63. The molecule has 1 aromatic heterocycles. The van der Waals surface area contributed by atoms with Gasteiger partial charge in [0, 0.05) is 11.9 Å². The van der Waals surface area contributed by atoms with Crippen molar-refractivity contribution in [3.8, 4) is 0 Å². The summed E-state index contributed by atoms with van der Waals surface area (Å²) in [4.78, 5) is 27.4.